The van der Waals surface area contributed by atoms with Gasteiger partial charge in [-0.25, -0.2) is 8.42 Å². The van der Waals surface area contributed by atoms with Crippen LogP contribution >= 0.6 is 23.2 Å². The van der Waals surface area contributed by atoms with Gasteiger partial charge in [-0.3, -0.25) is 13.9 Å². The molecule has 2 atom stereocenters. The Morgan fingerprint density at radius 3 is 2.21 bits per heavy atom. The van der Waals surface area contributed by atoms with E-state index in [4.69, 9.17) is 27.9 Å². The van der Waals surface area contributed by atoms with Gasteiger partial charge >= 0.3 is 0 Å². The maximum atomic E-state index is 13.6. The number of nitrogens with zero attached hydrogens (tertiary/aromatic N) is 2. The number of carbonyl (C=O) groups excluding carboxylic acids is 2. The first-order chi connectivity index (χ1) is 18.4. The number of rotatable bonds is 15. The molecule has 0 aliphatic carbocycles. The fourth-order valence-corrected chi connectivity index (χ4v) is 5.62. The van der Waals surface area contributed by atoms with Gasteiger partial charge in [-0.15, -0.1) is 0 Å². The Labute approximate surface area is 242 Å². The topological polar surface area (TPSA) is 96.0 Å². The van der Waals surface area contributed by atoms with Crippen molar-refractivity contribution in [2.24, 2.45) is 0 Å². The number of halogens is 2. The number of carbonyl (C=O) groups is 2. The lowest BCUT2D eigenvalue weighted by Crippen LogP contribution is -2.50. The zero-order valence-corrected chi connectivity index (χ0v) is 25.6. The van der Waals surface area contributed by atoms with Crippen LogP contribution in [0.3, 0.4) is 0 Å². The van der Waals surface area contributed by atoms with Crippen LogP contribution in [0.1, 0.15) is 58.9 Å². The van der Waals surface area contributed by atoms with Crippen molar-refractivity contribution in [1.29, 1.82) is 0 Å². The Morgan fingerprint density at radius 1 is 1.00 bits per heavy atom. The molecule has 0 aromatic heterocycles. The molecule has 0 bridgehead atoms. The highest BCUT2D eigenvalue weighted by molar-refractivity contribution is 7.92. The monoisotopic (exact) mass is 599 g/mol. The normalized spacial score (nSPS) is 12.9. The average Bonchev–Trinajstić information content (AvgIpc) is 2.88. The standard InChI is InChI=1S/C28H39Cl2N3O5S/c1-6-20(4)31-28(35)24(7-2)32(19-21-22(29)13-11-14-23(21)30)27(34)17-12-18-33(39(5,36)37)25-15-9-10-16-26(25)38-8-3/h9-11,13-16,20,24H,6-8,12,17-19H2,1-5H3,(H,31,35)/t20-,24-/m0/s1. The highest BCUT2D eigenvalue weighted by Gasteiger charge is 2.30. The minimum atomic E-state index is -3.66. The van der Waals surface area contributed by atoms with Gasteiger partial charge in [0.05, 0.1) is 18.6 Å². The van der Waals surface area contributed by atoms with E-state index in [2.05, 4.69) is 5.32 Å². The lowest BCUT2D eigenvalue weighted by molar-refractivity contribution is -0.141. The number of hydrogen-bond donors (Lipinski definition) is 1. The van der Waals surface area contributed by atoms with E-state index in [-0.39, 0.29) is 43.8 Å². The Morgan fingerprint density at radius 2 is 1.64 bits per heavy atom. The summed E-state index contributed by atoms with van der Waals surface area (Å²) in [4.78, 5) is 28.3. The van der Waals surface area contributed by atoms with Crippen LogP contribution in [0.4, 0.5) is 5.69 Å². The first-order valence-electron chi connectivity index (χ1n) is 13.2. The summed E-state index contributed by atoms with van der Waals surface area (Å²) in [6.45, 7) is 8.02. The number of para-hydroxylation sites is 2. The van der Waals surface area contributed by atoms with Gasteiger partial charge in [-0.2, -0.15) is 0 Å². The second-order valence-electron chi connectivity index (χ2n) is 9.30. The van der Waals surface area contributed by atoms with Gasteiger partial charge in [0.15, 0.2) is 0 Å². The molecule has 8 nitrogen and oxygen atoms in total. The van der Waals surface area contributed by atoms with Crippen molar-refractivity contribution in [2.45, 2.75) is 72.0 Å². The van der Waals surface area contributed by atoms with Crippen molar-refractivity contribution in [3.05, 3.63) is 58.1 Å². The molecule has 216 valence electrons. The molecule has 0 saturated carbocycles. The van der Waals surface area contributed by atoms with E-state index in [0.29, 0.717) is 40.1 Å². The fraction of sp³-hybridized carbons (Fsp3) is 0.500. The maximum absolute atomic E-state index is 13.6. The zero-order chi connectivity index (χ0) is 29.2. The van der Waals surface area contributed by atoms with Gasteiger partial charge in [0.1, 0.15) is 11.8 Å². The molecule has 2 rings (SSSR count). The molecule has 0 spiro atoms. The quantitative estimate of drug-likeness (QED) is 0.285. The van der Waals surface area contributed by atoms with E-state index in [9.17, 15) is 18.0 Å². The molecule has 0 radical (unpaired) electrons. The Kier molecular flexibility index (Phi) is 12.9. The molecule has 0 heterocycles. The average molecular weight is 601 g/mol. The van der Waals surface area contributed by atoms with E-state index < -0.39 is 16.1 Å². The Hall–Kier alpha value is -2.49. The van der Waals surface area contributed by atoms with E-state index in [1.807, 2.05) is 27.7 Å². The lowest BCUT2D eigenvalue weighted by atomic mass is 10.1. The van der Waals surface area contributed by atoms with E-state index >= 15 is 0 Å². The summed E-state index contributed by atoms with van der Waals surface area (Å²) in [7, 11) is -3.66. The first-order valence-corrected chi connectivity index (χ1v) is 15.8. The summed E-state index contributed by atoms with van der Waals surface area (Å²) >= 11 is 12.8. The number of hydrogen-bond acceptors (Lipinski definition) is 5. The summed E-state index contributed by atoms with van der Waals surface area (Å²) < 4.78 is 32.2. The van der Waals surface area contributed by atoms with Gasteiger partial charge in [-0.05, 0) is 57.4 Å². The van der Waals surface area contributed by atoms with Gasteiger partial charge in [0.2, 0.25) is 21.8 Å². The van der Waals surface area contributed by atoms with Crippen molar-refractivity contribution in [1.82, 2.24) is 10.2 Å². The second kappa shape index (κ2) is 15.3. The van der Waals surface area contributed by atoms with Crippen molar-refractivity contribution in [3.8, 4) is 5.75 Å². The molecule has 0 fully saturated rings. The Bertz CT molecular complexity index is 1210. The molecule has 2 aromatic rings. The maximum Gasteiger partial charge on any atom is 0.243 e. The molecular formula is C28H39Cl2N3O5S. The summed E-state index contributed by atoms with van der Waals surface area (Å²) in [6, 6.07) is 11.2. The minimum Gasteiger partial charge on any atom is -0.492 e. The molecule has 0 aliphatic rings. The number of ether oxygens (including phenoxy) is 1. The molecule has 0 aliphatic heterocycles. The summed E-state index contributed by atoms with van der Waals surface area (Å²) in [5.74, 6) is -0.116. The number of nitrogens with one attached hydrogen (secondary N) is 1. The molecule has 0 saturated heterocycles. The Balaban J connectivity index is 2.31. The molecular weight excluding hydrogens is 561 g/mol. The lowest BCUT2D eigenvalue weighted by Gasteiger charge is -2.32. The van der Waals surface area contributed by atoms with Crippen molar-refractivity contribution >= 4 is 50.7 Å². The number of amides is 2. The fourth-order valence-electron chi connectivity index (χ4n) is 4.14. The van der Waals surface area contributed by atoms with Crippen LogP contribution in [0.5, 0.6) is 5.75 Å². The van der Waals surface area contributed by atoms with Crippen LogP contribution in [-0.4, -0.2) is 56.6 Å². The number of benzene rings is 2. The van der Waals surface area contributed by atoms with Gasteiger partial charge in [0, 0.05) is 41.2 Å². The molecule has 0 unspecified atom stereocenters. The minimum absolute atomic E-state index is 0.0119. The van der Waals surface area contributed by atoms with Crippen LogP contribution in [0.25, 0.3) is 0 Å². The molecule has 2 amide bonds. The van der Waals surface area contributed by atoms with E-state index in [0.717, 1.165) is 12.7 Å². The summed E-state index contributed by atoms with van der Waals surface area (Å²) in [5, 5.41) is 3.76. The third-order valence-electron chi connectivity index (χ3n) is 6.36. The van der Waals surface area contributed by atoms with Crippen LogP contribution in [-0.2, 0) is 26.2 Å². The number of anilines is 1. The largest absolute Gasteiger partial charge is 0.492 e. The predicted octanol–water partition coefficient (Wildman–Crippen LogP) is 5.66. The van der Waals surface area contributed by atoms with E-state index in [1.165, 1.54) is 9.21 Å². The third-order valence-corrected chi connectivity index (χ3v) is 8.25. The van der Waals surface area contributed by atoms with Crippen LogP contribution in [0.15, 0.2) is 42.5 Å². The first kappa shape index (κ1) is 32.7. The van der Waals surface area contributed by atoms with Crippen LogP contribution in [0.2, 0.25) is 10.0 Å². The molecule has 1 N–H and O–H groups in total. The molecule has 2 aromatic carbocycles. The summed E-state index contributed by atoms with van der Waals surface area (Å²) in [5.41, 5.74) is 0.959. The second-order valence-corrected chi connectivity index (χ2v) is 12.0. The molecule has 39 heavy (non-hydrogen) atoms. The van der Waals surface area contributed by atoms with Gasteiger partial charge < -0.3 is 15.0 Å². The van der Waals surface area contributed by atoms with Gasteiger partial charge in [-0.1, -0.05) is 55.2 Å². The summed E-state index contributed by atoms with van der Waals surface area (Å²) in [6.07, 6.45) is 2.49. The number of sulfonamides is 1. The zero-order valence-electron chi connectivity index (χ0n) is 23.2. The van der Waals surface area contributed by atoms with Crippen molar-refractivity contribution < 1.29 is 22.7 Å². The highest BCUT2D eigenvalue weighted by atomic mass is 35.5. The van der Waals surface area contributed by atoms with Crippen molar-refractivity contribution in [2.75, 3.05) is 23.7 Å². The SMILES string of the molecule is CCOc1ccccc1N(CCCC(=O)N(Cc1c(Cl)cccc1Cl)[C@@H](CC)C(=O)N[C@@H](C)CC)S(C)(=O)=O. The third kappa shape index (κ3) is 9.29. The smallest absolute Gasteiger partial charge is 0.243 e. The highest BCUT2D eigenvalue weighted by Crippen LogP contribution is 2.31. The van der Waals surface area contributed by atoms with Gasteiger partial charge in [0.25, 0.3) is 0 Å². The van der Waals surface area contributed by atoms with Crippen molar-refractivity contribution in [3.63, 3.8) is 0 Å². The molecule has 11 heteroatoms. The van der Waals surface area contributed by atoms with E-state index in [1.54, 1.807) is 42.5 Å². The van der Waals surface area contributed by atoms with Crippen LogP contribution < -0.4 is 14.4 Å². The predicted molar refractivity (Wildman–Crippen MR) is 158 cm³/mol. The van der Waals surface area contributed by atoms with Crippen LogP contribution in [0, 0.1) is 0 Å².